The van der Waals surface area contributed by atoms with E-state index in [9.17, 15) is 4.79 Å². The molecule has 0 aliphatic rings. The fourth-order valence-electron chi connectivity index (χ4n) is 3.32. The highest BCUT2D eigenvalue weighted by Gasteiger charge is 2.28. The number of hydrogen-bond acceptors (Lipinski definition) is 1. The Morgan fingerprint density at radius 2 is 1.52 bits per heavy atom. The average molecular weight is 294 g/mol. The molecule has 0 radical (unpaired) electrons. The predicted octanol–water partition coefficient (Wildman–Crippen LogP) is 4.91. The summed E-state index contributed by atoms with van der Waals surface area (Å²) in [6.45, 7) is 6.84. The molecule has 3 heteroatoms. The molecule has 0 amide bonds. The van der Waals surface area contributed by atoms with E-state index in [0.717, 1.165) is 0 Å². The van der Waals surface area contributed by atoms with Crippen LogP contribution in [0, 0.1) is 0 Å². The van der Waals surface area contributed by atoms with Gasteiger partial charge >= 0.3 is 0 Å². The van der Waals surface area contributed by atoms with Gasteiger partial charge in [-0.3, -0.25) is 14.6 Å². The summed E-state index contributed by atoms with van der Waals surface area (Å²) in [5.74, 6) is 0. The summed E-state index contributed by atoms with van der Waals surface area (Å²) in [7, 11) is 1.97. The number of unbranched alkanes of at least 4 members (excludes halogenated alkanes) is 6. The van der Waals surface area contributed by atoms with Crippen LogP contribution in [0.4, 0.5) is 0 Å². The minimum atomic E-state index is 0.0286. The van der Waals surface area contributed by atoms with E-state index in [-0.39, 0.29) is 11.0 Å². The molecule has 1 aromatic rings. The fourth-order valence-corrected chi connectivity index (χ4v) is 3.32. The van der Waals surface area contributed by atoms with Gasteiger partial charge in [-0.2, -0.15) is 0 Å². The van der Waals surface area contributed by atoms with Crippen LogP contribution >= 0.6 is 0 Å². The molecule has 0 aliphatic carbocycles. The van der Waals surface area contributed by atoms with Crippen LogP contribution < -0.4 is 5.56 Å². The van der Waals surface area contributed by atoms with E-state index in [1.54, 1.807) is 6.07 Å². The molecule has 1 rings (SSSR count). The fraction of sp³-hybridized carbons (Fsp3) is 0.833. The first-order valence-electron chi connectivity index (χ1n) is 8.80. The zero-order valence-electron chi connectivity index (χ0n) is 14.5. The molecule has 0 saturated heterocycles. The molecule has 0 aromatic carbocycles. The van der Waals surface area contributed by atoms with E-state index in [1.165, 1.54) is 69.9 Å². The quantitative estimate of drug-likeness (QED) is 0.578. The summed E-state index contributed by atoms with van der Waals surface area (Å²) in [4.78, 5) is 11.6. The smallest absolute Gasteiger partial charge is 0.264 e. The van der Waals surface area contributed by atoms with E-state index < -0.39 is 0 Å². The third-order valence-corrected chi connectivity index (χ3v) is 4.69. The SMILES string of the molecule is CCCCCCC(C)(CCCCCC)c1cc(=O)[nH]n1C. The van der Waals surface area contributed by atoms with Crippen molar-refractivity contribution in [2.24, 2.45) is 7.05 Å². The van der Waals surface area contributed by atoms with Crippen LogP contribution in [0.5, 0.6) is 0 Å². The second-order valence-electron chi connectivity index (χ2n) is 6.75. The van der Waals surface area contributed by atoms with Crippen LogP contribution in [0.25, 0.3) is 0 Å². The maximum atomic E-state index is 11.6. The van der Waals surface area contributed by atoms with Crippen LogP contribution in [-0.4, -0.2) is 9.78 Å². The van der Waals surface area contributed by atoms with E-state index >= 15 is 0 Å². The maximum Gasteiger partial charge on any atom is 0.264 e. The van der Waals surface area contributed by atoms with Crippen molar-refractivity contribution in [3.8, 4) is 0 Å². The Balaban J connectivity index is 2.72. The largest absolute Gasteiger partial charge is 0.292 e. The molecule has 1 aromatic heterocycles. The highest BCUT2D eigenvalue weighted by atomic mass is 16.1. The summed E-state index contributed by atoms with van der Waals surface area (Å²) in [5.41, 5.74) is 1.34. The second-order valence-corrected chi connectivity index (χ2v) is 6.75. The van der Waals surface area contributed by atoms with Crippen molar-refractivity contribution in [1.29, 1.82) is 0 Å². The monoisotopic (exact) mass is 294 g/mol. The molecule has 3 nitrogen and oxygen atoms in total. The van der Waals surface area contributed by atoms with Gasteiger partial charge in [-0.1, -0.05) is 72.1 Å². The lowest BCUT2D eigenvalue weighted by Gasteiger charge is -2.30. The van der Waals surface area contributed by atoms with Crippen molar-refractivity contribution in [2.75, 3.05) is 0 Å². The van der Waals surface area contributed by atoms with Gasteiger partial charge < -0.3 is 0 Å². The molecule has 0 saturated carbocycles. The van der Waals surface area contributed by atoms with Gasteiger partial charge in [0.25, 0.3) is 5.56 Å². The van der Waals surface area contributed by atoms with Crippen LogP contribution in [0.15, 0.2) is 10.9 Å². The minimum Gasteiger partial charge on any atom is -0.292 e. The number of rotatable bonds is 11. The molecule has 0 bridgehead atoms. The first-order valence-corrected chi connectivity index (χ1v) is 8.80. The highest BCUT2D eigenvalue weighted by Crippen LogP contribution is 2.34. The molecule has 0 unspecified atom stereocenters. The van der Waals surface area contributed by atoms with E-state index in [1.807, 2.05) is 11.7 Å². The van der Waals surface area contributed by atoms with Crippen LogP contribution in [-0.2, 0) is 12.5 Å². The number of nitrogens with one attached hydrogen (secondary N) is 1. The minimum absolute atomic E-state index is 0.0286. The summed E-state index contributed by atoms with van der Waals surface area (Å²) in [5, 5.41) is 2.88. The lowest BCUT2D eigenvalue weighted by molar-refractivity contribution is 0.343. The Kier molecular flexibility index (Phi) is 7.84. The van der Waals surface area contributed by atoms with Gasteiger partial charge in [-0.25, -0.2) is 0 Å². The van der Waals surface area contributed by atoms with Crippen LogP contribution in [0.3, 0.4) is 0 Å². The molecule has 0 spiro atoms. The Labute approximate surface area is 130 Å². The highest BCUT2D eigenvalue weighted by molar-refractivity contribution is 5.15. The summed E-state index contributed by atoms with van der Waals surface area (Å²) >= 11 is 0. The number of aromatic nitrogens is 2. The molecule has 1 N–H and O–H groups in total. The Morgan fingerprint density at radius 3 is 1.90 bits per heavy atom. The second kappa shape index (κ2) is 9.11. The van der Waals surface area contributed by atoms with Crippen molar-refractivity contribution < 1.29 is 0 Å². The summed E-state index contributed by atoms with van der Waals surface area (Å²) in [6.07, 6.45) is 12.7. The lowest BCUT2D eigenvalue weighted by atomic mass is 9.77. The summed E-state index contributed by atoms with van der Waals surface area (Å²) in [6, 6.07) is 1.81. The van der Waals surface area contributed by atoms with E-state index in [2.05, 4.69) is 25.9 Å². The number of nitrogens with zero attached hydrogens (tertiary/aromatic N) is 1. The molecule has 1 heterocycles. The van der Waals surface area contributed by atoms with Gasteiger partial charge in [0.15, 0.2) is 0 Å². The standard InChI is InChI=1S/C18H34N2O/c1-5-7-9-11-13-18(3,14-12-10-8-6-2)16-15-17(21)19-20(16)4/h15H,5-14H2,1-4H3,(H,19,21). The third-order valence-electron chi connectivity index (χ3n) is 4.69. The first kappa shape index (κ1) is 18.1. The average Bonchev–Trinajstić information content (AvgIpc) is 2.80. The van der Waals surface area contributed by atoms with Crippen molar-refractivity contribution in [2.45, 2.75) is 90.4 Å². The van der Waals surface area contributed by atoms with Gasteiger partial charge in [0.05, 0.1) is 0 Å². The van der Waals surface area contributed by atoms with Gasteiger partial charge in [-0.05, 0) is 12.8 Å². The lowest BCUT2D eigenvalue weighted by Crippen LogP contribution is -2.25. The van der Waals surface area contributed by atoms with Crippen molar-refractivity contribution in [3.63, 3.8) is 0 Å². The molecular weight excluding hydrogens is 260 g/mol. The van der Waals surface area contributed by atoms with Gasteiger partial charge in [0.2, 0.25) is 0 Å². The Morgan fingerprint density at radius 1 is 1.00 bits per heavy atom. The normalized spacial score (nSPS) is 12.0. The van der Waals surface area contributed by atoms with Crippen molar-refractivity contribution in [3.05, 3.63) is 22.1 Å². The number of hydrogen-bond donors (Lipinski definition) is 1. The van der Waals surface area contributed by atoms with Gasteiger partial charge in [0.1, 0.15) is 0 Å². The number of aryl methyl sites for hydroxylation is 1. The Bertz CT molecular complexity index is 432. The molecule has 122 valence electrons. The third kappa shape index (κ3) is 5.72. The van der Waals surface area contributed by atoms with E-state index in [4.69, 9.17) is 0 Å². The van der Waals surface area contributed by atoms with Crippen molar-refractivity contribution in [1.82, 2.24) is 9.78 Å². The zero-order valence-corrected chi connectivity index (χ0v) is 14.5. The number of H-pyrrole nitrogens is 1. The van der Waals surface area contributed by atoms with E-state index in [0.29, 0.717) is 0 Å². The topological polar surface area (TPSA) is 37.8 Å². The summed E-state index contributed by atoms with van der Waals surface area (Å²) < 4.78 is 1.93. The molecule has 0 atom stereocenters. The predicted molar refractivity (Wildman–Crippen MR) is 90.9 cm³/mol. The molecular formula is C18H34N2O. The molecule has 21 heavy (non-hydrogen) atoms. The Hall–Kier alpha value is -0.990. The maximum absolute atomic E-state index is 11.6. The van der Waals surface area contributed by atoms with Gasteiger partial charge in [-0.15, -0.1) is 0 Å². The van der Waals surface area contributed by atoms with Gasteiger partial charge in [0, 0.05) is 24.2 Å². The molecule has 0 fully saturated rings. The molecule has 0 aliphatic heterocycles. The van der Waals surface area contributed by atoms with Crippen LogP contribution in [0.2, 0.25) is 0 Å². The van der Waals surface area contributed by atoms with Crippen molar-refractivity contribution >= 4 is 0 Å². The zero-order chi connectivity index (χ0) is 15.7. The first-order chi connectivity index (χ1) is 10.0. The van der Waals surface area contributed by atoms with Crippen LogP contribution in [0.1, 0.15) is 90.7 Å². The number of aromatic amines is 1.